The number of benzene rings is 2. The second-order valence-corrected chi connectivity index (χ2v) is 6.95. The van der Waals surface area contributed by atoms with Crippen molar-refractivity contribution in [3.63, 3.8) is 0 Å². The van der Waals surface area contributed by atoms with Gasteiger partial charge >= 0.3 is 0 Å². The molecule has 118 valence electrons. The van der Waals surface area contributed by atoms with Crippen LogP contribution in [0, 0.1) is 11.6 Å². The zero-order valence-electron chi connectivity index (χ0n) is 12.5. The van der Waals surface area contributed by atoms with Gasteiger partial charge in [-0.2, -0.15) is 0 Å². The van der Waals surface area contributed by atoms with Gasteiger partial charge in [0, 0.05) is 12.3 Å². The smallest absolute Gasteiger partial charge is 0.160 e. The Balaban J connectivity index is 1.86. The zero-order valence-corrected chi connectivity index (χ0v) is 13.3. The third-order valence-corrected chi connectivity index (χ3v) is 5.52. The van der Waals surface area contributed by atoms with Crippen LogP contribution in [0.1, 0.15) is 17.5 Å². The Labute approximate surface area is 138 Å². The highest BCUT2D eigenvalue weighted by atomic mass is 32.2. The number of halogens is 2. The largest absolute Gasteiger partial charge is 0.348 e. The van der Waals surface area contributed by atoms with E-state index >= 15 is 0 Å². The third-order valence-electron chi connectivity index (χ3n) is 4.42. The molecule has 2 aromatic carbocycles. The number of nitrogens with zero attached hydrogens (tertiary/aromatic N) is 2. The summed E-state index contributed by atoms with van der Waals surface area (Å²) in [5.41, 5.74) is 1.29. The average Bonchev–Trinajstić information content (AvgIpc) is 2.96. The van der Waals surface area contributed by atoms with Gasteiger partial charge in [0.05, 0.1) is 6.54 Å². The van der Waals surface area contributed by atoms with E-state index < -0.39 is 5.54 Å². The Morgan fingerprint density at radius 3 is 2.00 bits per heavy atom. The fourth-order valence-corrected chi connectivity index (χ4v) is 4.27. The molecule has 1 saturated heterocycles. The monoisotopic (exact) mass is 330 g/mol. The lowest BCUT2D eigenvalue weighted by Gasteiger charge is -2.30. The summed E-state index contributed by atoms with van der Waals surface area (Å²) in [7, 11) is 0. The van der Waals surface area contributed by atoms with Crippen molar-refractivity contribution >= 4 is 16.9 Å². The molecule has 0 spiro atoms. The van der Waals surface area contributed by atoms with Gasteiger partial charge in [0.25, 0.3) is 0 Å². The molecule has 1 fully saturated rings. The van der Waals surface area contributed by atoms with Crippen LogP contribution in [0.25, 0.3) is 0 Å². The maximum atomic E-state index is 13.3. The maximum Gasteiger partial charge on any atom is 0.160 e. The van der Waals surface area contributed by atoms with Crippen molar-refractivity contribution in [1.82, 2.24) is 4.90 Å². The van der Waals surface area contributed by atoms with E-state index in [1.165, 1.54) is 24.3 Å². The quantitative estimate of drug-likeness (QED) is 0.826. The summed E-state index contributed by atoms with van der Waals surface area (Å²) in [6.45, 7) is 1.70. The first-order valence-corrected chi connectivity index (χ1v) is 8.66. The van der Waals surface area contributed by atoms with Crippen LogP contribution in [0.4, 0.5) is 8.78 Å². The van der Waals surface area contributed by atoms with Crippen molar-refractivity contribution in [2.24, 2.45) is 4.99 Å². The Kier molecular flexibility index (Phi) is 3.60. The zero-order chi connectivity index (χ0) is 15.9. The van der Waals surface area contributed by atoms with Crippen LogP contribution in [0.5, 0.6) is 0 Å². The van der Waals surface area contributed by atoms with E-state index in [1.54, 1.807) is 36.0 Å². The van der Waals surface area contributed by atoms with Gasteiger partial charge in [0.1, 0.15) is 17.2 Å². The molecule has 4 rings (SSSR count). The number of hydrogen-bond acceptors (Lipinski definition) is 3. The number of amidine groups is 1. The van der Waals surface area contributed by atoms with E-state index in [0.717, 1.165) is 35.0 Å². The molecule has 0 atom stereocenters. The normalized spacial score (nSPS) is 19.4. The molecule has 2 heterocycles. The van der Waals surface area contributed by atoms with Crippen LogP contribution in [-0.2, 0) is 5.54 Å². The summed E-state index contributed by atoms with van der Waals surface area (Å²) in [6, 6.07) is 13.0. The van der Waals surface area contributed by atoms with Crippen molar-refractivity contribution in [2.45, 2.75) is 12.0 Å². The highest BCUT2D eigenvalue weighted by Crippen LogP contribution is 2.42. The summed E-state index contributed by atoms with van der Waals surface area (Å²) in [5, 5.41) is 1.03. The van der Waals surface area contributed by atoms with Crippen LogP contribution >= 0.6 is 11.8 Å². The second-order valence-electron chi connectivity index (χ2n) is 5.89. The van der Waals surface area contributed by atoms with Gasteiger partial charge in [-0.05, 0) is 41.8 Å². The molecular weight excluding hydrogens is 314 g/mol. The summed E-state index contributed by atoms with van der Waals surface area (Å²) >= 11 is 1.76. The Morgan fingerprint density at radius 1 is 0.913 bits per heavy atom. The molecule has 5 heteroatoms. The van der Waals surface area contributed by atoms with E-state index in [9.17, 15) is 8.78 Å². The fraction of sp³-hybridized carbons (Fsp3) is 0.278. The topological polar surface area (TPSA) is 15.6 Å². The molecule has 2 nitrogen and oxygen atoms in total. The van der Waals surface area contributed by atoms with Crippen molar-refractivity contribution in [3.05, 3.63) is 71.3 Å². The first-order valence-electron chi connectivity index (χ1n) is 7.67. The second kappa shape index (κ2) is 5.64. The summed E-state index contributed by atoms with van der Waals surface area (Å²) in [4.78, 5) is 7.28. The number of thioether (sulfide) groups is 1. The van der Waals surface area contributed by atoms with Crippen LogP contribution in [0.15, 0.2) is 53.5 Å². The van der Waals surface area contributed by atoms with E-state index in [2.05, 4.69) is 4.90 Å². The van der Waals surface area contributed by atoms with Gasteiger partial charge in [-0.1, -0.05) is 36.0 Å². The highest BCUT2D eigenvalue weighted by molar-refractivity contribution is 8.13. The van der Waals surface area contributed by atoms with Crippen molar-refractivity contribution in [3.8, 4) is 0 Å². The first kappa shape index (κ1) is 14.7. The maximum absolute atomic E-state index is 13.3. The Morgan fingerprint density at radius 2 is 1.48 bits per heavy atom. The molecule has 0 amide bonds. The standard InChI is InChI=1S/C18H16F2N2S/c19-15-6-2-13(3-7-15)18(14-4-8-16(20)9-5-14)12-22-10-1-11-23-17(22)21-18/h2-9H,1,10-12H2. The van der Waals surface area contributed by atoms with Crippen molar-refractivity contribution in [1.29, 1.82) is 0 Å². The third kappa shape index (κ3) is 2.53. The van der Waals surface area contributed by atoms with Crippen molar-refractivity contribution in [2.75, 3.05) is 18.8 Å². The van der Waals surface area contributed by atoms with Gasteiger partial charge in [0.2, 0.25) is 0 Å². The van der Waals surface area contributed by atoms with Crippen LogP contribution in [-0.4, -0.2) is 28.9 Å². The van der Waals surface area contributed by atoms with Gasteiger partial charge in [-0.25, -0.2) is 13.8 Å². The van der Waals surface area contributed by atoms with E-state index in [4.69, 9.17) is 4.99 Å². The molecular formula is C18H16F2N2S. The number of rotatable bonds is 2. The molecule has 2 aliphatic rings. The molecule has 0 bridgehead atoms. The average molecular weight is 330 g/mol. The minimum atomic E-state index is -0.589. The summed E-state index contributed by atoms with van der Waals surface area (Å²) in [5.74, 6) is 0.541. The van der Waals surface area contributed by atoms with Crippen molar-refractivity contribution < 1.29 is 8.78 Å². The number of aliphatic imine (C=N–C) groups is 1. The van der Waals surface area contributed by atoms with E-state index in [-0.39, 0.29) is 11.6 Å². The molecule has 23 heavy (non-hydrogen) atoms. The summed E-state index contributed by atoms with van der Waals surface area (Å²) < 4.78 is 26.7. The Bertz CT molecular complexity index is 695. The van der Waals surface area contributed by atoms with Gasteiger partial charge < -0.3 is 4.90 Å². The number of fused-ring (bicyclic) bond motifs is 1. The minimum absolute atomic E-state index is 0.263. The van der Waals surface area contributed by atoms with Crippen LogP contribution in [0.2, 0.25) is 0 Å². The first-order chi connectivity index (χ1) is 11.2. The predicted molar refractivity (Wildman–Crippen MR) is 89.7 cm³/mol. The molecule has 0 radical (unpaired) electrons. The molecule has 0 saturated carbocycles. The fourth-order valence-electron chi connectivity index (χ4n) is 3.26. The summed E-state index contributed by atoms with van der Waals surface area (Å²) in [6.07, 6.45) is 1.13. The minimum Gasteiger partial charge on any atom is -0.348 e. The SMILES string of the molecule is Fc1ccc(C2(c3ccc(F)cc3)CN3CCCSC3=N2)cc1. The van der Waals surface area contributed by atoms with E-state index in [0.29, 0.717) is 6.54 Å². The highest BCUT2D eigenvalue weighted by Gasteiger charge is 2.43. The van der Waals surface area contributed by atoms with Gasteiger partial charge in [-0.3, -0.25) is 0 Å². The lowest BCUT2D eigenvalue weighted by Crippen LogP contribution is -2.37. The predicted octanol–water partition coefficient (Wildman–Crippen LogP) is 4.02. The molecule has 0 aromatic heterocycles. The number of hydrogen-bond donors (Lipinski definition) is 0. The molecule has 2 aliphatic heterocycles. The van der Waals surface area contributed by atoms with Gasteiger partial charge in [-0.15, -0.1) is 0 Å². The van der Waals surface area contributed by atoms with Crippen LogP contribution in [0.3, 0.4) is 0 Å². The molecule has 0 unspecified atom stereocenters. The Hall–Kier alpha value is -1.88. The van der Waals surface area contributed by atoms with Crippen LogP contribution < -0.4 is 0 Å². The lowest BCUT2D eigenvalue weighted by molar-refractivity contribution is 0.380. The lowest BCUT2D eigenvalue weighted by atomic mass is 9.83. The molecule has 2 aromatic rings. The van der Waals surface area contributed by atoms with E-state index in [1.807, 2.05) is 0 Å². The molecule has 0 N–H and O–H groups in total. The van der Waals surface area contributed by atoms with Gasteiger partial charge in [0.15, 0.2) is 5.17 Å². The molecule has 0 aliphatic carbocycles.